The molecule has 1 amide bonds. The maximum absolute atomic E-state index is 12.6. The van der Waals surface area contributed by atoms with Gasteiger partial charge in [0.05, 0.1) is 0 Å². The van der Waals surface area contributed by atoms with Crippen LogP contribution in [0.4, 0.5) is 5.69 Å². The standard InChI is InChI=1S/C20H24ClNO/c21-15-10-9-11-16(14-15)22-20(23)19-17-12-7-5-3-1-2-4-6-8-13-18(17)19/h3-6,9-11,14,17-19H,1-2,7-8,12-13H2,(H,22,23)/b5-3-,6-4-. The van der Waals surface area contributed by atoms with Gasteiger partial charge >= 0.3 is 0 Å². The molecule has 1 aromatic carbocycles. The predicted octanol–water partition coefficient (Wildman–Crippen LogP) is 5.61. The molecular weight excluding hydrogens is 306 g/mol. The first-order valence-corrected chi connectivity index (χ1v) is 9.00. The van der Waals surface area contributed by atoms with Crippen LogP contribution in [0.2, 0.25) is 5.02 Å². The molecule has 0 aromatic heterocycles. The molecule has 23 heavy (non-hydrogen) atoms. The first-order chi connectivity index (χ1) is 11.3. The van der Waals surface area contributed by atoms with Crippen molar-refractivity contribution in [2.24, 2.45) is 17.8 Å². The SMILES string of the molecule is O=C(Nc1cccc(Cl)c1)C1C2CC/C=C\CC/C=C\CCC21. The molecule has 0 radical (unpaired) electrons. The van der Waals surface area contributed by atoms with Gasteiger partial charge in [-0.2, -0.15) is 0 Å². The smallest absolute Gasteiger partial charge is 0.228 e. The van der Waals surface area contributed by atoms with E-state index in [2.05, 4.69) is 29.6 Å². The Bertz CT molecular complexity index is 583. The number of allylic oxidation sites excluding steroid dienone is 4. The van der Waals surface area contributed by atoms with Gasteiger partial charge in [-0.05, 0) is 68.6 Å². The molecule has 2 aliphatic rings. The molecule has 1 N–H and O–H groups in total. The van der Waals surface area contributed by atoms with E-state index >= 15 is 0 Å². The molecular formula is C20H24ClNO. The van der Waals surface area contributed by atoms with E-state index < -0.39 is 0 Å². The van der Waals surface area contributed by atoms with Crippen LogP contribution < -0.4 is 5.32 Å². The number of benzene rings is 1. The first kappa shape index (κ1) is 16.3. The summed E-state index contributed by atoms with van der Waals surface area (Å²) < 4.78 is 0. The lowest BCUT2D eigenvalue weighted by Crippen LogP contribution is -2.15. The molecule has 1 fully saturated rings. The van der Waals surface area contributed by atoms with Gasteiger partial charge in [0.2, 0.25) is 5.91 Å². The van der Waals surface area contributed by atoms with Gasteiger partial charge in [-0.1, -0.05) is 42.0 Å². The summed E-state index contributed by atoms with van der Waals surface area (Å²) in [6, 6.07) is 7.38. The van der Waals surface area contributed by atoms with Gasteiger partial charge in [-0.3, -0.25) is 4.79 Å². The van der Waals surface area contributed by atoms with Crippen LogP contribution >= 0.6 is 11.6 Å². The number of amides is 1. The van der Waals surface area contributed by atoms with Gasteiger partial charge in [0.1, 0.15) is 0 Å². The van der Waals surface area contributed by atoms with Crippen molar-refractivity contribution in [3.63, 3.8) is 0 Å². The zero-order chi connectivity index (χ0) is 16.1. The predicted molar refractivity (Wildman–Crippen MR) is 96.5 cm³/mol. The number of rotatable bonds is 2. The molecule has 2 atom stereocenters. The summed E-state index contributed by atoms with van der Waals surface area (Å²) in [5.74, 6) is 1.39. The topological polar surface area (TPSA) is 29.1 Å². The molecule has 0 aliphatic heterocycles. The van der Waals surface area contributed by atoms with Crippen LogP contribution in [0.1, 0.15) is 38.5 Å². The average Bonchev–Trinajstić information content (AvgIpc) is 3.20. The minimum Gasteiger partial charge on any atom is -0.326 e. The molecule has 0 saturated heterocycles. The van der Waals surface area contributed by atoms with E-state index in [1.54, 1.807) is 6.07 Å². The van der Waals surface area contributed by atoms with E-state index in [0.717, 1.165) is 44.2 Å². The molecule has 1 saturated carbocycles. The Labute approximate surface area is 143 Å². The van der Waals surface area contributed by atoms with Gasteiger partial charge < -0.3 is 5.32 Å². The Morgan fingerprint density at radius 1 is 0.957 bits per heavy atom. The normalized spacial score (nSPS) is 30.2. The minimum absolute atomic E-state index is 0.157. The van der Waals surface area contributed by atoms with Crippen molar-refractivity contribution in [1.82, 2.24) is 0 Å². The Kier molecular flexibility index (Phi) is 5.56. The molecule has 2 nitrogen and oxygen atoms in total. The number of nitrogens with one attached hydrogen (secondary N) is 1. The van der Waals surface area contributed by atoms with Crippen molar-refractivity contribution in [2.45, 2.75) is 38.5 Å². The van der Waals surface area contributed by atoms with Crippen molar-refractivity contribution in [2.75, 3.05) is 5.32 Å². The molecule has 0 spiro atoms. The number of fused-ring (bicyclic) bond motifs is 1. The third-order valence-corrected chi connectivity index (χ3v) is 5.13. The lowest BCUT2D eigenvalue weighted by molar-refractivity contribution is -0.117. The number of carbonyl (C=O) groups is 1. The summed E-state index contributed by atoms with van der Waals surface area (Å²) in [5, 5.41) is 3.69. The molecule has 122 valence electrons. The van der Waals surface area contributed by atoms with E-state index in [-0.39, 0.29) is 11.8 Å². The summed E-state index contributed by atoms with van der Waals surface area (Å²) in [5.41, 5.74) is 0.796. The highest BCUT2D eigenvalue weighted by molar-refractivity contribution is 6.30. The monoisotopic (exact) mass is 329 g/mol. The summed E-state index contributed by atoms with van der Waals surface area (Å²) >= 11 is 5.99. The third-order valence-electron chi connectivity index (χ3n) is 4.89. The zero-order valence-corrected chi connectivity index (χ0v) is 14.1. The second-order valence-electron chi connectivity index (χ2n) is 6.53. The number of anilines is 1. The van der Waals surface area contributed by atoms with Crippen molar-refractivity contribution in [3.8, 4) is 0 Å². The van der Waals surface area contributed by atoms with Crippen LogP contribution in [0.5, 0.6) is 0 Å². The number of carbonyl (C=O) groups excluding carboxylic acids is 1. The summed E-state index contributed by atoms with van der Waals surface area (Å²) in [7, 11) is 0. The number of halogens is 1. The fraction of sp³-hybridized carbons (Fsp3) is 0.450. The van der Waals surface area contributed by atoms with E-state index in [4.69, 9.17) is 11.6 Å². The van der Waals surface area contributed by atoms with Crippen LogP contribution in [0.15, 0.2) is 48.6 Å². The maximum Gasteiger partial charge on any atom is 0.228 e. The van der Waals surface area contributed by atoms with Crippen LogP contribution in [0.3, 0.4) is 0 Å². The Hall–Kier alpha value is -1.54. The minimum atomic E-state index is 0.157. The lowest BCUT2D eigenvalue weighted by Gasteiger charge is -2.05. The van der Waals surface area contributed by atoms with E-state index in [1.807, 2.05) is 18.2 Å². The quantitative estimate of drug-likeness (QED) is 0.702. The van der Waals surface area contributed by atoms with Crippen LogP contribution in [0, 0.1) is 17.8 Å². The van der Waals surface area contributed by atoms with Gasteiger partial charge in [0, 0.05) is 16.6 Å². The first-order valence-electron chi connectivity index (χ1n) is 8.62. The van der Waals surface area contributed by atoms with E-state index in [9.17, 15) is 4.79 Å². The molecule has 2 aliphatic carbocycles. The molecule has 3 rings (SSSR count). The van der Waals surface area contributed by atoms with Crippen molar-refractivity contribution < 1.29 is 4.79 Å². The second-order valence-corrected chi connectivity index (χ2v) is 6.96. The Morgan fingerprint density at radius 2 is 1.57 bits per heavy atom. The van der Waals surface area contributed by atoms with Crippen molar-refractivity contribution >= 4 is 23.2 Å². The fourth-order valence-corrected chi connectivity index (χ4v) is 3.84. The average molecular weight is 330 g/mol. The van der Waals surface area contributed by atoms with Crippen LogP contribution in [-0.4, -0.2) is 5.91 Å². The van der Waals surface area contributed by atoms with E-state index in [0.29, 0.717) is 16.9 Å². The molecule has 2 unspecified atom stereocenters. The summed E-state index contributed by atoms with van der Waals surface area (Å²) in [6.45, 7) is 0. The highest BCUT2D eigenvalue weighted by atomic mass is 35.5. The highest BCUT2D eigenvalue weighted by Crippen LogP contribution is 2.52. The zero-order valence-electron chi connectivity index (χ0n) is 13.4. The Morgan fingerprint density at radius 3 is 2.17 bits per heavy atom. The van der Waals surface area contributed by atoms with Crippen LogP contribution in [-0.2, 0) is 4.79 Å². The van der Waals surface area contributed by atoms with E-state index in [1.165, 1.54) is 0 Å². The van der Waals surface area contributed by atoms with Gasteiger partial charge in [-0.25, -0.2) is 0 Å². The second kappa shape index (κ2) is 7.83. The third kappa shape index (κ3) is 4.48. The molecule has 0 bridgehead atoms. The number of hydrogen-bond donors (Lipinski definition) is 1. The van der Waals surface area contributed by atoms with Gasteiger partial charge in [0.25, 0.3) is 0 Å². The van der Waals surface area contributed by atoms with Crippen molar-refractivity contribution in [3.05, 3.63) is 53.6 Å². The summed E-state index contributed by atoms with van der Waals surface area (Å²) in [6.07, 6.45) is 15.8. The van der Waals surface area contributed by atoms with Crippen LogP contribution in [0.25, 0.3) is 0 Å². The molecule has 1 aromatic rings. The maximum atomic E-state index is 12.6. The number of hydrogen-bond acceptors (Lipinski definition) is 1. The Balaban J connectivity index is 1.61. The van der Waals surface area contributed by atoms with Gasteiger partial charge in [-0.15, -0.1) is 0 Å². The summed E-state index contributed by atoms with van der Waals surface area (Å²) in [4.78, 5) is 12.6. The molecule has 0 heterocycles. The molecule has 3 heteroatoms. The highest BCUT2D eigenvalue weighted by Gasteiger charge is 2.52. The fourth-order valence-electron chi connectivity index (χ4n) is 3.65. The van der Waals surface area contributed by atoms with Crippen molar-refractivity contribution in [1.29, 1.82) is 0 Å². The van der Waals surface area contributed by atoms with Gasteiger partial charge in [0.15, 0.2) is 0 Å². The largest absolute Gasteiger partial charge is 0.326 e. The lowest BCUT2D eigenvalue weighted by atomic mass is 10.1.